The van der Waals surface area contributed by atoms with E-state index in [-0.39, 0.29) is 0 Å². The summed E-state index contributed by atoms with van der Waals surface area (Å²) >= 11 is 0. The van der Waals surface area contributed by atoms with Crippen LogP contribution in [0.4, 0.5) is 0 Å². The van der Waals surface area contributed by atoms with Crippen molar-refractivity contribution >= 4 is 0 Å². The number of likely N-dealkylation sites (tertiary alicyclic amines) is 1. The summed E-state index contributed by atoms with van der Waals surface area (Å²) < 4.78 is 0. The summed E-state index contributed by atoms with van der Waals surface area (Å²) in [6.07, 6.45) is 4.26. The molecular formula is C15H27N3. The Bertz CT molecular complexity index is 319. The zero-order chi connectivity index (χ0) is 12.1. The molecule has 0 spiro atoms. The van der Waals surface area contributed by atoms with Gasteiger partial charge in [0.05, 0.1) is 0 Å². The van der Waals surface area contributed by atoms with Crippen LogP contribution in [0.1, 0.15) is 26.2 Å². The second-order valence-corrected chi connectivity index (χ2v) is 6.96. The highest BCUT2D eigenvalue weighted by Crippen LogP contribution is 2.40. The molecule has 0 aliphatic carbocycles. The van der Waals surface area contributed by atoms with Gasteiger partial charge in [0.2, 0.25) is 0 Å². The second-order valence-electron chi connectivity index (χ2n) is 6.96. The quantitative estimate of drug-likeness (QED) is 0.788. The van der Waals surface area contributed by atoms with E-state index < -0.39 is 0 Å². The van der Waals surface area contributed by atoms with Crippen LogP contribution in [0.3, 0.4) is 0 Å². The number of nitrogens with one attached hydrogen (secondary N) is 1. The average Bonchev–Trinajstić information content (AvgIpc) is 3.04. The first-order chi connectivity index (χ1) is 8.86. The molecule has 4 aliphatic rings. The lowest BCUT2D eigenvalue weighted by Crippen LogP contribution is -2.50. The van der Waals surface area contributed by atoms with Crippen LogP contribution >= 0.6 is 0 Å². The van der Waals surface area contributed by atoms with Crippen LogP contribution in [0.25, 0.3) is 0 Å². The van der Waals surface area contributed by atoms with E-state index in [1.807, 2.05) is 0 Å². The highest BCUT2D eigenvalue weighted by atomic mass is 15.3. The lowest BCUT2D eigenvalue weighted by atomic mass is 9.90. The molecule has 0 saturated carbocycles. The summed E-state index contributed by atoms with van der Waals surface area (Å²) in [7, 11) is 0. The molecule has 2 bridgehead atoms. The predicted octanol–water partition coefficient (Wildman–Crippen LogP) is 1.01. The molecule has 3 nitrogen and oxygen atoms in total. The third-order valence-corrected chi connectivity index (χ3v) is 6.20. The van der Waals surface area contributed by atoms with Crippen LogP contribution in [-0.2, 0) is 0 Å². The Hall–Kier alpha value is -0.120. The van der Waals surface area contributed by atoms with Crippen molar-refractivity contribution in [3.63, 3.8) is 0 Å². The van der Waals surface area contributed by atoms with E-state index in [0.717, 1.165) is 29.8 Å². The fraction of sp³-hybridized carbons (Fsp3) is 1.00. The van der Waals surface area contributed by atoms with Gasteiger partial charge < -0.3 is 10.2 Å². The van der Waals surface area contributed by atoms with E-state index in [1.165, 1.54) is 58.5 Å². The molecule has 102 valence electrons. The van der Waals surface area contributed by atoms with E-state index in [0.29, 0.717) is 0 Å². The topological polar surface area (TPSA) is 18.5 Å². The monoisotopic (exact) mass is 249 g/mol. The minimum absolute atomic E-state index is 0.877. The average molecular weight is 249 g/mol. The number of rotatable bonds is 2. The largest absolute Gasteiger partial charge is 0.316 e. The molecule has 4 aliphatic heterocycles. The molecule has 4 saturated heterocycles. The van der Waals surface area contributed by atoms with Gasteiger partial charge in [-0.05, 0) is 63.2 Å². The number of nitrogens with zero attached hydrogens (tertiary/aromatic N) is 2. The smallest absolute Gasteiger partial charge is 0.0152 e. The maximum atomic E-state index is 3.61. The molecular weight excluding hydrogens is 222 g/mol. The van der Waals surface area contributed by atoms with Crippen molar-refractivity contribution in [1.82, 2.24) is 15.1 Å². The third-order valence-electron chi connectivity index (χ3n) is 6.20. The molecule has 3 heteroatoms. The summed E-state index contributed by atoms with van der Waals surface area (Å²) in [5.74, 6) is 2.89. The minimum Gasteiger partial charge on any atom is -0.316 e. The highest BCUT2D eigenvalue weighted by Gasteiger charge is 2.48. The van der Waals surface area contributed by atoms with Crippen molar-refractivity contribution in [3.8, 4) is 0 Å². The zero-order valence-electron chi connectivity index (χ0n) is 11.6. The van der Waals surface area contributed by atoms with Crippen LogP contribution in [0.5, 0.6) is 0 Å². The molecule has 6 atom stereocenters. The number of fused-ring (bicyclic) bond motifs is 3. The predicted molar refractivity (Wildman–Crippen MR) is 73.6 cm³/mol. The summed E-state index contributed by atoms with van der Waals surface area (Å²) in [6, 6.07) is 1.79. The van der Waals surface area contributed by atoms with Gasteiger partial charge in [0.15, 0.2) is 0 Å². The van der Waals surface area contributed by atoms with Crippen LogP contribution < -0.4 is 5.32 Å². The number of piperidine rings is 1. The normalized spacial score (nSPS) is 51.8. The highest BCUT2D eigenvalue weighted by molar-refractivity contribution is 5.03. The van der Waals surface area contributed by atoms with E-state index in [1.54, 1.807) is 0 Å². The molecule has 0 aromatic rings. The summed E-state index contributed by atoms with van der Waals surface area (Å²) in [4.78, 5) is 5.63. The second kappa shape index (κ2) is 4.46. The lowest BCUT2D eigenvalue weighted by molar-refractivity contribution is 0.0770. The Balaban J connectivity index is 1.53. The third kappa shape index (κ3) is 1.67. The molecule has 4 fully saturated rings. The van der Waals surface area contributed by atoms with Crippen molar-refractivity contribution in [2.75, 3.05) is 39.3 Å². The van der Waals surface area contributed by atoms with Gasteiger partial charge in [-0.2, -0.15) is 0 Å². The zero-order valence-corrected chi connectivity index (χ0v) is 11.6. The molecule has 0 aromatic heterocycles. The molecule has 6 unspecified atom stereocenters. The fourth-order valence-corrected chi connectivity index (χ4v) is 5.34. The Morgan fingerprint density at radius 3 is 2.83 bits per heavy atom. The maximum absolute atomic E-state index is 3.61. The van der Waals surface area contributed by atoms with Gasteiger partial charge in [-0.3, -0.25) is 4.90 Å². The Kier molecular flexibility index (Phi) is 2.90. The van der Waals surface area contributed by atoms with E-state index in [4.69, 9.17) is 0 Å². The van der Waals surface area contributed by atoms with Crippen molar-refractivity contribution in [3.05, 3.63) is 0 Å². The van der Waals surface area contributed by atoms with Gasteiger partial charge in [-0.1, -0.05) is 6.92 Å². The lowest BCUT2D eigenvalue weighted by Gasteiger charge is -2.41. The maximum Gasteiger partial charge on any atom is 0.0152 e. The van der Waals surface area contributed by atoms with E-state index >= 15 is 0 Å². The standard InChI is InChI=1S/C15H27N3/c1-2-14-13-8-16-7-12(13)10-18(14)15-4-6-17-5-3-11(15)9-17/h11-16H,2-10H2,1H3. The number of hydrogen-bond donors (Lipinski definition) is 1. The first-order valence-corrected chi connectivity index (χ1v) is 8.05. The summed E-state index contributed by atoms with van der Waals surface area (Å²) in [6.45, 7) is 10.5. The first-order valence-electron chi connectivity index (χ1n) is 8.05. The van der Waals surface area contributed by atoms with E-state index in [9.17, 15) is 0 Å². The van der Waals surface area contributed by atoms with Crippen LogP contribution in [0.15, 0.2) is 0 Å². The minimum atomic E-state index is 0.877. The Morgan fingerprint density at radius 1 is 1.06 bits per heavy atom. The van der Waals surface area contributed by atoms with Gasteiger partial charge in [0.1, 0.15) is 0 Å². The Labute approximate surface area is 111 Å². The molecule has 0 radical (unpaired) electrons. The van der Waals surface area contributed by atoms with Crippen molar-refractivity contribution in [2.45, 2.75) is 38.3 Å². The van der Waals surface area contributed by atoms with Gasteiger partial charge >= 0.3 is 0 Å². The SMILES string of the molecule is CCC1C2CNCC2CN1C1CCN2CCC1C2. The first kappa shape index (κ1) is 11.7. The number of hydrogen-bond acceptors (Lipinski definition) is 3. The van der Waals surface area contributed by atoms with Gasteiger partial charge in [0.25, 0.3) is 0 Å². The van der Waals surface area contributed by atoms with Gasteiger partial charge in [-0.15, -0.1) is 0 Å². The molecule has 4 rings (SSSR count). The molecule has 4 heterocycles. The summed E-state index contributed by atoms with van der Waals surface area (Å²) in [5.41, 5.74) is 0. The van der Waals surface area contributed by atoms with Gasteiger partial charge in [-0.25, -0.2) is 0 Å². The van der Waals surface area contributed by atoms with Crippen LogP contribution in [0, 0.1) is 17.8 Å². The Morgan fingerprint density at radius 2 is 1.94 bits per heavy atom. The van der Waals surface area contributed by atoms with E-state index in [2.05, 4.69) is 22.0 Å². The fourth-order valence-electron chi connectivity index (χ4n) is 5.34. The van der Waals surface area contributed by atoms with Gasteiger partial charge in [0, 0.05) is 25.2 Å². The molecule has 0 amide bonds. The van der Waals surface area contributed by atoms with Crippen molar-refractivity contribution < 1.29 is 0 Å². The van der Waals surface area contributed by atoms with Crippen molar-refractivity contribution in [2.24, 2.45) is 17.8 Å². The molecule has 18 heavy (non-hydrogen) atoms. The summed E-state index contributed by atoms with van der Waals surface area (Å²) in [5, 5.41) is 3.61. The molecule has 1 N–H and O–H groups in total. The molecule has 0 aromatic carbocycles. The van der Waals surface area contributed by atoms with Crippen LogP contribution in [0.2, 0.25) is 0 Å². The van der Waals surface area contributed by atoms with Crippen molar-refractivity contribution in [1.29, 1.82) is 0 Å². The van der Waals surface area contributed by atoms with Crippen LogP contribution in [-0.4, -0.2) is 61.2 Å².